The summed E-state index contributed by atoms with van der Waals surface area (Å²) in [6.07, 6.45) is 0. The number of ether oxygens (including phenoxy) is 1. The number of rotatable bonds is 2. The Kier molecular flexibility index (Phi) is 5.99. The van der Waals surface area contributed by atoms with Crippen LogP contribution in [0, 0.1) is 0 Å². The van der Waals surface area contributed by atoms with Crippen molar-refractivity contribution in [3.8, 4) is 67.1 Å². The maximum atomic E-state index is 6.74. The number of furan rings is 1. The van der Waals surface area contributed by atoms with Crippen LogP contribution in [-0.4, -0.2) is 0 Å². The molecule has 1 aromatic heterocycles. The van der Waals surface area contributed by atoms with Crippen molar-refractivity contribution in [2.75, 3.05) is 0 Å². The highest BCUT2D eigenvalue weighted by atomic mass is 16.5. The van der Waals surface area contributed by atoms with E-state index < -0.39 is 5.41 Å². The minimum atomic E-state index is -0.462. The maximum absolute atomic E-state index is 6.74. The lowest BCUT2D eigenvalue weighted by molar-refractivity contribution is 0.487. The summed E-state index contributed by atoms with van der Waals surface area (Å²) in [7, 11) is 0. The van der Waals surface area contributed by atoms with Crippen LogP contribution in [0.5, 0.6) is 11.5 Å². The molecule has 2 nitrogen and oxygen atoms in total. The molecule has 0 fully saturated rings. The Bertz CT molecular complexity index is 3650. The molecule has 59 heavy (non-hydrogen) atoms. The molecule has 2 heteroatoms. The van der Waals surface area contributed by atoms with Crippen molar-refractivity contribution >= 4 is 43.5 Å². The molecule has 0 bridgehead atoms. The first-order valence-electron chi connectivity index (χ1n) is 20.4. The number of para-hydroxylation sites is 1. The Morgan fingerprint density at radius 2 is 0.898 bits per heavy atom. The average Bonchev–Trinajstić information content (AvgIpc) is 3.81. The first-order valence-corrected chi connectivity index (χ1v) is 20.4. The zero-order valence-electron chi connectivity index (χ0n) is 31.8. The third-order valence-electron chi connectivity index (χ3n) is 13.5. The Balaban J connectivity index is 0.959. The van der Waals surface area contributed by atoms with Crippen LogP contribution in [0.2, 0.25) is 0 Å². The van der Waals surface area contributed by atoms with Crippen LogP contribution in [0.15, 0.2) is 199 Å². The molecule has 1 aliphatic heterocycles. The molecule has 0 saturated carbocycles. The van der Waals surface area contributed by atoms with Gasteiger partial charge in [-0.2, -0.15) is 0 Å². The number of hydrogen-bond acceptors (Lipinski definition) is 2. The molecule has 1 spiro atoms. The lowest BCUT2D eigenvalue weighted by Crippen LogP contribution is -2.31. The van der Waals surface area contributed by atoms with Crippen LogP contribution < -0.4 is 4.74 Å². The van der Waals surface area contributed by atoms with Gasteiger partial charge in [0.1, 0.15) is 22.7 Å². The van der Waals surface area contributed by atoms with Crippen LogP contribution in [0.4, 0.5) is 0 Å². The minimum absolute atomic E-state index is 0.462. The number of hydrogen-bond donors (Lipinski definition) is 0. The summed E-state index contributed by atoms with van der Waals surface area (Å²) in [5.74, 6) is 1.76. The molecule has 0 N–H and O–H groups in total. The maximum Gasteiger partial charge on any atom is 0.135 e. The van der Waals surface area contributed by atoms with E-state index in [1.807, 2.05) is 12.1 Å². The molecule has 0 saturated heterocycles. The fraction of sp³-hybridized carbons (Fsp3) is 0.0175. The highest BCUT2D eigenvalue weighted by molar-refractivity contribution is 6.13. The smallest absolute Gasteiger partial charge is 0.135 e. The van der Waals surface area contributed by atoms with E-state index in [0.717, 1.165) is 55.5 Å². The fourth-order valence-corrected chi connectivity index (χ4v) is 11.1. The summed E-state index contributed by atoms with van der Waals surface area (Å²) in [5, 5.41) is 7.19. The Morgan fingerprint density at radius 3 is 1.78 bits per heavy atom. The molecule has 11 aromatic rings. The van der Waals surface area contributed by atoms with E-state index >= 15 is 0 Å². The van der Waals surface area contributed by atoms with Crippen molar-refractivity contribution in [3.05, 3.63) is 216 Å². The van der Waals surface area contributed by atoms with Gasteiger partial charge in [-0.25, -0.2) is 0 Å². The first kappa shape index (κ1) is 31.4. The van der Waals surface area contributed by atoms with Crippen molar-refractivity contribution in [1.29, 1.82) is 0 Å². The second kappa shape index (κ2) is 11.2. The van der Waals surface area contributed by atoms with Crippen molar-refractivity contribution < 1.29 is 9.15 Å². The number of benzene rings is 10. The molecule has 1 unspecified atom stereocenters. The van der Waals surface area contributed by atoms with E-state index in [2.05, 4.69) is 182 Å². The lowest BCUT2D eigenvalue weighted by Gasteiger charge is -2.40. The van der Waals surface area contributed by atoms with Crippen LogP contribution in [0.25, 0.3) is 99.1 Å². The standard InChI is InChI=1S/C57H32O2/c1-4-18-47-38(12-1)40-25-22-35(32-50(40)57(47)48-19-5-2-13-39(48)43-15-7-10-33-11-8-20-49(57)55(33)43)34-23-27-53-46(30-34)44-17-9-16-42-37(26-29-54(59-53)56(42)44)36-24-28-52-45(31-36)41-14-3-6-21-51(41)58-52/h1-32H. The Labute approximate surface area is 340 Å². The summed E-state index contributed by atoms with van der Waals surface area (Å²) >= 11 is 0. The zero-order valence-corrected chi connectivity index (χ0v) is 31.8. The van der Waals surface area contributed by atoms with Gasteiger partial charge < -0.3 is 9.15 Å². The second-order valence-corrected chi connectivity index (χ2v) is 16.3. The third-order valence-corrected chi connectivity index (χ3v) is 13.5. The lowest BCUT2D eigenvalue weighted by atomic mass is 9.61. The van der Waals surface area contributed by atoms with Gasteiger partial charge in [-0.05, 0) is 131 Å². The molecular formula is C57H32O2. The highest BCUT2D eigenvalue weighted by Crippen LogP contribution is 2.62. The molecule has 2 aliphatic carbocycles. The second-order valence-electron chi connectivity index (χ2n) is 16.3. The fourth-order valence-electron chi connectivity index (χ4n) is 11.1. The highest BCUT2D eigenvalue weighted by Gasteiger charge is 2.50. The zero-order chi connectivity index (χ0) is 38.4. The predicted molar refractivity (Wildman–Crippen MR) is 241 cm³/mol. The topological polar surface area (TPSA) is 22.4 Å². The monoisotopic (exact) mass is 748 g/mol. The van der Waals surface area contributed by atoms with Crippen molar-refractivity contribution in [2.24, 2.45) is 0 Å². The molecule has 2 heterocycles. The van der Waals surface area contributed by atoms with E-state index in [1.165, 1.54) is 77.4 Å². The minimum Gasteiger partial charge on any atom is -0.456 e. The van der Waals surface area contributed by atoms with E-state index in [0.29, 0.717) is 0 Å². The summed E-state index contributed by atoms with van der Waals surface area (Å²) in [6, 6.07) is 71.5. The average molecular weight is 749 g/mol. The molecule has 10 aromatic carbocycles. The van der Waals surface area contributed by atoms with Gasteiger partial charge in [0.15, 0.2) is 0 Å². The molecule has 14 rings (SSSR count). The van der Waals surface area contributed by atoms with Gasteiger partial charge in [-0.1, -0.05) is 152 Å². The van der Waals surface area contributed by atoms with Crippen molar-refractivity contribution in [3.63, 3.8) is 0 Å². The summed E-state index contributed by atoms with van der Waals surface area (Å²) < 4.78 is 12.9. The van der Waals surface area contributed by atoms with Gasteiger partial charge in [-0.15, -0.1) is 0 Å². The van der Waals surface area contributed by atoms with Gasteiger partial charge in [-0.3, -0.25) is 0 Å². The Morgan fingerprint density at radius 1 is 0.305 bits per heavy atom. The van der Waals surface area contributed by atoms with E-state index in [9.17, 15) is 0 Å². The van der Waals surface area contributed by atoms with Crippen molar-refractivity contribution in [2.45, 2.75) is 5.41 Å². The van der Waals surface area contributed by atoms with Crippen LogP contribution in [0.3, 0.4) is 0 Å². The van der Waals surface area contributed by atoms with Crippen LogP contribution >= 0.6 is 0 Å². The molecule has 0 amide bonds. The van der Waals surface area contributed by atoms with Gasteiger partial charge >= 0.3 is 0 Å². The summed E-state index contributed by atoms with van der Waals surface area (Å²) in [4.78, 5) is 0. The number of fused-ring (bicyclic) bond motifs is 14. The molecule has 0 radical (unpaired) electrons. The normalized spacial score (nSPS) is 15.3. The van der Waals surface area contributed by atoms with Crippen LogP contribution in [-0.2, 0) is 5.41 Å². The van der Waals surface area contributed by atoms with Gasteiger partial charge in [0.05, 0.1) is 5.41 Å². The summed E-state index contributed by atoms with van der Waals surface area (Å²) in [6.45, 7) is 0. The molecule has 1 atom stereocenters. The largest absolute Gasteiger partial charge is 0.456 e. The van der Waals surface area contributed by atoms with Crippen LogP contribution in [0.1, 0.15) is 22.3 Å². The van der Waals surface area contributed by atoms with E-state index in [1.54, 1.807) is 0 Å². The van der Waals surface area contributed by atoms with Gasteiger partial charge in [0.25, 0.3) is 0 Å². The first-order chi connectivity index (χ1) is 29.2. The molecule has 3 aliphatic rings. The van der Waals surface area contributed by atoms with Gasteiger partial charge in [0.2, 0.25) is 0 Å². The molecule has 272 valence electrons. The molecular weight excluding hydrogens is 717 g/mol. The van der Waals surface area contributed by atoms with Crippen molar-refractivity contribution in [1.82, 2.24) is 0 Å². The van der Waals surface area contributed by atoms with Gasteiger partial charge in [0, 0.05) is 21.7 Å². The SMILES string of the molecule is c1ccc2c(c1)-c1ccc(-c3ccc4c(c3)-c3cccc5c(-c6ccc7oc8ccccc8c7c6)ccc(c35)O4)cc1C21c2ccccc2-c2cccc3cccc1c23. The Hall–Kier alpha value is -7.68. The predicted octanol–water partition coefficient (Wildman–Crippen LogP) is 15.3. The third kappa shape index (κ3) is 4.00. The van der Waals surface area contributed by atoms with E-state index in [4.69, 9.17) is 9.15 Å². The van der Waals surface area contributed by atoms with E-state index in [-0.39, 0.29) is 0 Å². The quantitative estimate of drug-likeness (QED) is 0.176. The summed E-state index contributed by atoms with van der Waals surface area (Å²) in [5.41, 5.74) is 18.9.